The fourth-order valence-corrected chi connectivity index (χ4v) is 2.05. The largest absolute Gasteiger partial charge is 0.480 e. The summed E-state index contributed by atoms with van der Waals surface area (Å²) in [6, 6.07) is -1.98. The topological polar surface area (TPSA) is 157 Å². The molecule has 25 heavy (non-hydrogen) atoms. The molecule has 0 rings (SSSR count). The lowest BCUT2D eigenvalue weighted by Crippen LogP contribution is -2.48. The van der Waals surface area contributed by atoms with Crippen molar-refractivity contribution in [3.05, 3.63) is 0 Å². The van der Waals surface area contributed by atoms with Crippen molar-refractivity contribution in [2.75, 3.05) is 32.9 Å². The van der Waals surface area contributed by atoms with E-state index in [0.717, 1.165) is 0 Å². The van der Waals surface area contributed by atoms with E-state index < -0.39 is 29.9 Å². The van der Waals surface area contributed by atoms with Crippen LogP contribution in [0, 0.1) is 0 Å². The number of carboxylic acids is 2. The van der Waals surface area contributed by atoms with Crippen LogP contribution in [0.1, 0.15) is 19.3 Å². The number of carboxylic acid groups (broad SMARTS) is 2. The van der Waals surface area contributed by atoms with Crippen molar-refractivity contribution in [1.29, 1.82) is 0 Å². The number of hydrogen-bond donors (Lipinski definition) is 6. The second-order valence-corrected chi connectivity index (χ2v) is 5.97. The van der Waals surface area contributed by atoms with E-state index in [2.05, 4.69) is 28.3 Å². The molecule has 0 aromatic carbocycles. The van der Waals surface area contributed by atoms with Crippen LogP contribution in [0.2, 0.25) is 0 Å². The molecule has 11 heteroatoms. The SMILES string of the molecule is CN(C)C(N)=NCCCC(NCC(=O)NC(CCS)C(=O)O)C(=O)O. The molecule has 0 fully saturated rings. The maximum atomic E-state index is 11.8. The zero-order chi connectivity index (χ0) is 19.4. The quantitative estimate of drug-likeness (QED) is 0.105. The average Bonchev–Trinajstić information content (AvgIpc) is 2.52. The number of thiol groups is 1. The van der Waals surface area contributed by atoms with Crippen LogP contribution in [0.5, 0.6) is 0 Å². The number of hydrogen-bond acceptors (Lipinski definition) is 6. The maximum Gasteiger partial charge on any atom is 0.326 e. The van der Waals surface area contributed by atoms with Crippen molar-refractivity contribution in [1.82, 2.24) is 15.5 Å². The number of nitrogens with two attached hydrogens (primary N) is 1. The molecule has 0 aromatic heterocycles. The molecule has 0 heterocycles. The third kappa shape index (κ3) is 10.5. The number of nitrogens with one attached hydrogen (secondary N) is 2. The van der Waals surface area contributed by atoms with Crippen LogP contribution in [0.3, 0.4) is 0 Å². The molecule has 0 radical (unpaired) electrons. The molecule has 0 aromatic rings. The molecule has 6 N–H and O–H groups in total. The van der Waals surface area contributed by atoms with Gasteiger partial charge in [-0.15, -0.1) is 0 Å². The predicted molar refractivity (Wildman–Crippen MR) is 96.9 cm³/mol. The van der Waals surface area contributed by atoms with Gasteiger partial charge >= 0.3 is 11.9 Å². The first-order valence-corrected chi connectivity index (χ1v) is 8.38. The van der Waals surface area contributed by atoms with Gasteiger partial charge < -0.3 is 26.2 Å². The Morgan fingerprint density at radius 1 is 1.16 bits per heavy atom. The molecule has 144 valence electrons. The Hall–Kier alpha value is -2.01. The molecule has 0 aliphatic rings. The number of rotatable bonds is 12. The number of carbonyl (C=O) groups excluding carboxylic acids is 1. The lowest BCUT2D eigenvalue weighted by Gasteiger charge is -2.16. The van der Waals surface area contributed by atoms with Gasteiger partial charge in [0.1, 0.15) is 12.1 Å². The molecule has 1 amide bonds. The van der Waals surface area contributed by atoms with Crippen LogP contribution in [-0.2, 0) is 14.4 Å². The Morgan fingerprint density at radius 3 is 2.24 bits per heavy atom. The van der Waals surface area contributed by atoms with E-state index in [4.69, 9.17) is 10.8 Å². The van der Waals surface area contributed by atoms with E-state index in [1.54, 1.807) is 19.0 Å². The number of amides is 1. The second kappa shape index (κ2) is 12.4. The summed E-state index contributed by atoms with van der Waals surface area (Å²) < 4.78 is 0. The lowest BCUT2D eigenvalue weighted by atomic mass is 10.1. The highest BCUT2D eigenvalue weighted by molar-refractivity contribution is 7.80. The minimum Gasteiger partial charge on any atom is -0.480 e. The second-order valence-electron chi connectivity index (χ2n) is 5.52. The van der Waals surface area contributed by atoms with E-state index in [9.17, 15) is 19.5 Å². The minimum atomic E-state index is -1.16. The van der Waals surface area contributed by atoms with E-state index in [1.165, 1.54) is 0 Å². The van der Waals surface area contributed by atoms with E-state index in [-0.39, 0.29) is 19.4 Å². The van der Waals surface area contributed by atoms with Crippen LogP contribution in [0.25, 0.3) is 0 Å². The van der Waals surface area contributed by atoms with Gasteiger partial charge in [-0.05, 0) is 25.0 Å². The van der Waals surface area contributed by atoms with Crippen molar-refractivity contribution >= 4 is 36.4 Å². The van der Waals surface area contributed by atoms with Gasteiger partial charge in [-0.2, -0.15) is 12.6 Å². The first-order valence-electron chi connectivity index (χ1n) is 7.75. The smallest absolute Gasteiger partial charge is 0.326 e. The Bertz CT molecular complexity index is 486. The van der Waals surface area contributed by atoms with Crippen molar-refractivity contribution in [2.24, 2.45) is 10.7 Å². The molecule has 2 unspecified atom stereocenters. The number of aliphatic imine (C=N–C) groups is 1. The summed E-state index contributed by atoms with van der Waals surface area (Å²) in [4.78, 5) is 39.6. The summed E-state index contributed by atoms with van der Waals surface area (Å²) in [5, 5.41) is 23.0. The monoisotopic (exact) mass is 377 g/mol. The van der Waals surface area contributed by atoms with Crippen molar-refractivity contribution in [2.45, 2.75) is 31.3 Å². The summed E-state index contributed by atoms with van der Waals surface area (Å²) in [5.41, 5.74) is 5.62. The summed E-state index contributed by atoms with van der Waals surface area (Å²) in [7, 11) is 3.49. The molecule has 2 atom stereocenters. The summed E-state index contributed by atoms with van der Waals surface area (Å²) in [5.74, 6) is -2.19. The zero-order valence-electron chi connectivity index (χ0n) is 14.4. The van der Waals surface area contributed by atoms with Crippen LogP contribution < -0.4 is 16.4 Å². The molecular weight excluding hydrogens is 350 g/mol. The highest BCUT2D eigenvalue weighted by Crippen LogP contribution is 1.99. The summed E-state index contributed by atoms with van der Waals surface area (Å²) >= 11 is 3.93. The molecule has 0 aliphatic carbocycles. The van der Waals surface area contributed by atoms with Crippen LogP contribution in [0.4, 0.5) is 0 Å². The van der Waals surface area contributed by atoms with Gasteiger partial charge in [0, 0.05) is 20.6 Å². The number of aliphatic carboxylic acids is 2. The minimum absolute atomic E-state index is 0.178. The third-order valence-corrected chi connectivity index (χ3v) is 3.50. The number of guanidine groups is 1. The molecule has 0 spiro atoms. The molecule has 0 saturated carbocycles. The van der Waals surface area contributed by atoms with Crippen LogP contribution >= 0.6 is 12.6 Å². The first-order chi connectivity index (χ1) is 11.7. The Kier molecular flexibility index (Phi) is 11.4. The normalized spacial score (nSPS) is 13.8. The summed E-state index contributed by atoms with van der Waals surface area (Å²) in [6.07, 6.45) is 0.904. The van der Waals surface area contributed by atoms with Gasteiger partial charge in [-0.25, -0.2) is 4.79 Å². The third-order valence-electron chi connectivity index (χ3n) is 3.24. The Labute approximate surface area is 152 Å². The molecule has 0 saturated heterocycles. The van der Waals surface area contributed by atoms with Crippen LogP contribution in [-0.4, -0.2) is 83.9 Å². The van der Waals surface area contributed by atoms with E-state index >= 15 is 0 Å². The van der Waals surface area contributed by atoms with Gasteiger partial charge in [-0.1, -0.05) is 0 Å². The van der Waals surface area contributed by atoms with Gasteiger partial charge in [0.05, 0.1) is 6.54 Å². The average molecular weight is 377 g/mol. The Morgan fingerprint density at radius 2 is 1.76 bits per heavy atom. The van der Waals surface area contributed by atoms with Gasteiger partial charge in [0.25, 0.3) is 0 Å². The molecular formula is C14H27N5O5S. The summed E-state index contributed by atoms with van der Waals surface area (Å²) in [6.45, 7) is 0.0706. The van der Waals surface area contributed by atoms with Crippen LogP contribution in [0.15, 0.2) is 4.99 Å². The molecule has 0 bridgehead atoms. The first kappa shape index (κ1) is 23.0. The zero-order valence-corrected chi connectivity index (χ0v) is 15.3. The van der Waals surface area contributed by atoms with Gasteiger partial charge in [-0.3, -0.25) is 19.9 Å². The van der Waals surface area contributed by atoms with Crippen molar-refractivity contribution in [3.63, 3.8) is 0 Å². The number of nitrogens with zero attached hydrogens (tertiary/aromatic N) is 2. The van der Waals surface area contributed by atoms with Gasteiger partial charge in [0.15, 0.2) is 5.96 Å². The van der Waals surface area contributed by atoms with Gasteiger partial charge in [0.2, 0.25) is 5.91 Å². The van der Waals surface area contributed by atoms with Crippen molar-refractivity contribution < 1.29 is 24.6 Å². The van der Waals surface area contributed by atoms with E-state index in [1.807, 2.05) is 0 Å². The standard InChI is InChI=1S/C14H27N5O5S/c1-19(2)14(15)16-6-3-4-9(12(21)22)17-8-11(20)18-10(5-7-25)13(23)24/h9-10,17,25H,3-8H2,1-2H3,(H2,15,16)(H,18,20)(H,21,22)(H,23,24). The fraction of sp³-hybridized carbons (Fsp3) is 0.714. The maximum absolute atomic E-state index is 11.8. The highest BCUT2D eigenvalue weighted by atomic mass is 32.1. The lowest BCUT2D eigenvalue weighted by molar-refractivity contribution is -0.142. The molecule has 10 nitrogen and oxygen atoms in total. The predicted octanol–water partition coefficient (Wildman–Crippen LogP) is -1.42. The fourth-order valence-electron chi connectivity index (χ4n) is 1.79. The number of carbonyl (C=O) groups is 3. The highest BCUT2D eigenvalue weighted by Gasteiger charge is 2.21. The molecule has 0 aliphatic heterocycles. The van der Waals surface area contributed by atoms with Crippen molar-refractivity contribution in [3.8, 4) is 0 Å². The van der Waals surface area contributed by atoms with E-state index in [0.29, 0.717) is 24.7 Å². The Balaban J connectivity index is 4.35.